The van der Waals surface area contributed by atoms with E-state index in [0.29, 0.717) is 24.8 Å². The van der Waals surface area contributed by atoms with Gasteiger partial charge in [0.1, 0.15) is 0 Å². The minimum absolute atomic E-state index is 0.317. The molecule has 0 aliphatic carbocycles. The minimum atomic E-state index is 0.317. The fourth-order valence-electron chi connectivity index (χ4n) is 1.61. The molecule has 0 spiro atoms. The maximum absolute atomic E-state index is 11.6. The summed E-state index contributed by atoms with van der Waals surface area (Å²) in [7, 11) is 0. The molecule has 0 aromatic heterocycles. The van der Waals surface area contributed by atoms with E-state index in [1.807, 2.05) is 4.90 Å². The van der Waals surface area contributed by atoms with Crippen molar-refractivity contribution in [3.8, 4) is 0 Å². The third-order valence-electron chi connectivity index (χ3n) is 2.71. The van der Waals surface area contributed by atoms with Crippen LogP contribution in [-0.2, 0) is 4.79 Å². The molecule has 13 heavy (non-hydrogen) atoms. The van der Waals surface area contributed by atoms with Gasteiger partial charge in [-0.3, -0.25) is 4.79 Å². The van der Waals surface area contributed by atoms with Gasteiger partial charge >= 0.3 is 0 Å². The quantitative estimate of drug-likeness (QED) is 0.708. The number of rotatable bonds is 4. The van der Waals surface area contributed by atoms with Crippen LogP contribution in [0.2, 0.25) is 0 Å². The predicted molar refractivity (Wildman–Crippen MR) is 53.3 cm³/mol. The molecule has 1 fully saturated rings. The number of carbonyl (C=O) groups excluding carboxylic acids is 1. The molecule has 3 nitrogen and oxygen atoms in total. The summed E-state index contributed by atoms with van der Waals surface area (Å²) < 4.78 is 0. The molecule has 1 aliphatic heterocycles. The monoisotopic (exact) mass is 184 g/mol. The van der Waals surface area contributed by atoms with Crippen molar-refractivity contribution in [3.63, 3.8) is 0 Å². The molecular formula is C10H20N2O. The zero-order valence-electron chi connectivity index (χ0n) is 8.46. The smallest absolute Gasteiger partial charge is 0.222 e. The Morgan fingerprint density at radius 2 is 2.08 bits per heavy atom. The van der Waals surface area contributed by atoms with E-state index < -0.39 is 0 Å². The molecule has 1 unspecified atom stereocenters. The standard InChI is InChI=1S/C10H20N2O/c1-9(8-11)4-5-10(13)12-6-2-3-7-12/h9H,2-8,11H2,1H3. The van der Waals surface area contributed by atoms with E-state index >= 15 is 0 Å². The van der Waals surface area contributed by atoms with Crippen molar-refractivity contribution >= 4 is 5.91 Å². The first-order valence-electron chi connectivity index (χ1n) is 5.22. The molecule has 0 aromatic carbocycles. The Balaban J connectivity index is 2.16. The first-order valence-corrected chi connectivity index (χ1v) is 5.22. The lowest BCUT2D eigenvalue weighted by Gasteiger charge is -2.16. The average molecular weight is 184 g/mol. The molecule has 0 saturated carbocycles. The van der Waals surface area contributed by atoms with E-state index in [2.05, 4.69) is 6.92 Å². The first kappa shape index (κ1) is 10.5. The number of likely N-dealkylation sites (tertiary alicyclic amines) is 1. The highest BCUT2D eigenvalue weighted by Gasteiger charge is 2.17. The number of amides is 1. The molecule has 1 heterocycles. The summed E-state index contributed by atoms with van der Waals surface area (Å²) in [5, 5.41) is 0. The molecule has 1 aliphatic rings. The lowest BCUT2D eigenvalue weighted by molar-refractivity contribution is -0.130. The second kappa shape index (κ2) is 5.22. The number of hydrogen-bond donors (Lipinski definition) is 1. The minimum Gasteiger partial charge on any atom is -0.343 e. The number of carbonyl (C=O) groups is 1. The number of nitrogens with two attached hydrogens (primary N) is 1. The van der Waals surface area contributed by atoms with Crippen molar-refractivity contribution in [2.75, 3.05) is 19.6 Å². The van der Waals surface area contributed by atoms with Crippen LogP contribution in [-0.4, -0.2) is 30.4 Å². The Kier molecular flexibility index (Phi) is 4.22. The van der Waals surface area contributed by atoms with E-state index in [4.69, 9.17) is 5.73 Å². The van der Waals surface area contributed by atoms with Gasteiger partial charge in [0.05, 0.1) is 0 Å². The predicted octanol–water partition coefficient (Wildman–Crippen LogP) is 0.984. The van der Waals surface area contributed by atoms with Gasteiger partial charge in [0, 0.05) is 19.5 Å². The molecule has 1 atom stereocenters. The highest BCUT2D eigenvalue weighted by atomic mass is 16.2. The van der Waals surface area contributed by atoms with Gasteiger partial charge in [-0.05, 0) is 31.7 Å². The SMILES string of the molecule is CC(CN)CCC(=O)N1CCCC1. The van der Waals surface area contributed by atoms with Crippen molar-refractivity contribution in [3.05, 3.63) is 0 Å². The molecule has 0 aromatic rings. The zero-order valence-corrected chi connectivity index (χ0v) is 8.46. The Morgan fingerprint density at radius 3 is 2.62 bits per heavy atom. The van der Waals surface area contributed by atoms with Crippen LogP contribution in [0.3, 0.4) is 0 Å². The van der Waals surface area contributed by atoms with E-state index in [0.717, 1.165) is 19.5 Å². The summed E-state index contributed by atoms with van der Waals surface area (Å²) in [6.07, 6.45) is 3.97. The van der Waals surface area contributed by atoms with Gasteiger partial charge in [-0.1, -0.05) is 6.92 Å². The first-order chi connectivity index (χ1) is 6.24. The van der Waals surface area contributed by atoms with Crippen molar-refractivity contribution in [2.24, 2.45) is 11.7 Å². The van der Waals surface area contributed by atoms with Crippen LogP contribution in [0.5, 0.6) is 0 Å². The zero-order chi connectivity index (χ0) is 9.68. The Labute approximate surface area is 80.3 Å². The molecule has 1 rings (SSSR count). The van der Waals surface area contributed by atoms with Gasteiger partial charge in [0.15, 0.2) is 0 Å². The summed E-state index contributed by atoms with van der Waals surface area (Å²) in [6.45, 7) is 4.72. The molecule has 0 bridgehead atoms. The number of nitrogens with zero attached hydrogens (tertiary/aromatic N) is 1. The lowest BCUT2D eigenvalue weighted by atomic mass is 10.1. The summed E-state index contributed by atoms with van der Waals surface area (Å²) in [6, 6.07) is 0. The Hall–Kier alpha value is -0.570. The Morgan fingerprint density at radius 1 is 1.46 bits per heavy atom. The summed E-state index contributed by atoms with van der Waals surface area (Å²) >= 11 is 0. The van der Waals surface area contributed by atoms with Gasteiger partial charge < -0.3 is 10.6 Å². The van der Waals surface area contributed by atoms with Crippen LogP contribution in [0, 0.1) is 5.92 Å². The van der Waals surface area contributed by atoms with Crippen molar-refractivity contribution in [2.45, 2.75) is 32.6 Å². The summed E-state index contributed by atoms with van der Waals surface area (Å²) in [4.78, 5) is 13.5. The summed E-state index contributed by atoms with van der Waals surface area (Å²) in [5.41, 5.74) is 5.49. The average Bonchev–Trinajstić information content (AvgIpc) is 2.66. The molecule has 3 heteroatoms. The maximum Gasteiger partial charge on any atom is 0.222 e. The molecule has 76 valence electrons. The van der Waals surface area contributed by atoms with Crippen LogP contribution in [0.1, 0.15) is 32.6 Å². The molecule has 0 radical (unpaired) electrons. The van der Waals surface area contributed by atoms with E-state index in [1.165, 1.54) is 12.8 Å². The van der Waals surface area contributed by atoms with Crippen LogP contribution in [0.15, 0.2) is 0 Å². The van der Waals surface area contributed by atoms with Gasteiger partial charge in [-0.2, -0.15) is 0 Å². The van der Waals surface area contributed by atoms with Gasteiger partial charge in [-0.25, -0.2) is 0 Å². The summed E-state index contributed by atoms with van der Waals surface area (Å²) in [5.74, 6) is 0.796. The second-order valence-electron chi connectivity index (χ2n) is 3.97. The third kappa shape index (κ3) is 3.35. The van der Waals surface area contributed by atoms with E-state index in [9.17, 15) is 4.79 Å². The van der Waals surface area contributed by atoms with Crippen molar-refractivity contribution < 1.29 is 4.79 Å². The number of hydrogen-bond acceptors (Lipinski definition) is 2. The second-order valence-corrected chi connectivity index (χ2v) is 3.97. The third-order valence-corrected chi connectivity index (χ3v) is 2.71. The maximum atomic E-state index is 11.6. The van der Waals surface area contributed by atoms with Crippen molar-refractivity contribution in [1.29, 1.82) is 0 Å². The highest BCUT2D eigenvalue weighted by Crippen LogP contribution is 2.11. The van der Waals surface area contributed by atoms with Crippen LogP contribution < -0.4 is 5.73 Å². The van der Waals surface area contributed by atoms with Gasteiger partial charge in [0.2, 0.25) is 5.91 Å². The van der Waals surface area contributed by atoms with E-state index in [1.54, 1.807) is 0 Å². The Bertz CT molecular complexity index is 164. The fraction of sp³-hybridized carbons (Fsp3) is 0.900. The highest BCUT2D eigenvalue weighted by molar-refractivity contribution is 5.76. The largest absolute Gasteiger partial charge is 0.343 e. The lowest BCUT2D eigenvalue weighted by Crippen LogP contribution is -2.28. The van der Waals surface area contributed by atoms with Gasteiger partial charge in [-0.15, -0.1) is 0 Å². The van der Waals surface area contributed by atoms with E-state index in [-0.39, 0.29) is 0 Å². The molecule has 2 N–H and O–H groups in total. The normalized spacial score (nSPS) is 19.1. The fourth-order valence-corrected chi connectivity index (χ4v) is 1.61. The van der Waals surface area contributed by atoms with Crippen LogP contribution >= 0.6 is 0 Å². The molecular weight excluding hydrogens is 164 g/mol. The van der Waals surface area contributed by atoms with Crippen LogP contribution in [0.25, 0.3) is 0 Å². The van der Waals surface area contributed by atoms with Gasteiger partial charge in [0.25, 0.3) is 0 Å². The van der Waals surface area contributed by atoms with Crippen LogP contribution in [0.4, 0.5) is 0 Å². The topological polar surface area (TPSA) is 46.3 Å². The molecule has 1 amide bonds. The van der Waals surface area contributed by atoms with Crippen molar-refractivity contribution in [1.82, 2.24) is 4.90 Å². The molecule has 1 saturated heterocycles.